The first-order valence-electron chi connectivity index (χ1n) is 10.3. The molecule has 1 aliphatic heterocycles. The van der Waals surface area contributed by atoms with Gasteiger partial charge in [-0.3, -0.25) is 0 Å². The highest BCUT2D eigenvalue weighted by Crippen LogP contribution is 2.42. The maximum absolute atomic E-state index is 12.0. The van der Waals surface area contributed by atoms with Gasteiger partial charge in [-0.2, -0.15) is 0 Å². The van der Waals surface area contributed by atoms with Gasteiger partial charge in [-0.05, 0) is 55.6 Å². The van der Waals surface area contributed by atoms with Crippen LogP contribution in [0.2, 0.25) is 0 Å². The molecule has 0 aromatic heterocycles. The number of hydrogen-bond donors (Lipinski definition) is 1. The van der Waals surface area contributed by atoms with Crippen molar-refractivity contribution < 1.29 is 9.84 Å². The molecule has 1 saturated heterocycles. The lowest BCUT2D eigenvalue weighted by molar-refractivity contribution is -0.0152. The van der Waals surface area contributed by atoms with Crippen LogP contribution in [-0.4, -0.2) is 36.8 Å². The molecule has 0 unspecified atom stereocenters. The van der Waals surface area contributed by atoms with E-state index in [1.807, 2.05) is 30.3 Å². The Labute approximate surface area is 164 Å². The van der Waals surface area contributed by atoms with Crippen LogP contribution in [0.4, 0.5) is 0 Å². The number of hydrogen-bond acceptors (Lipinski definition) is 3. The molecule has 0 bridgehead atoms. The van der Waals surface area contributed by atoms with Crippen molar-refractivity contribution in [1.29, 1.82) is 0 Å². The van der Waals surface area contributed by atoms with Crippen molar-refractivity contribution in [3.63, 3.8) is 0 Å². The van der Waals surface area contributed by atoms with E-state index >= 15 is 0 Å². The summed E-state index contributed by atoms with van der Waals surface area (Å²) in [5.41, 5.74) is 1.31. The van der Waals surface area contributed by atoms with E-state index < -0.39 is 5.60 Å². The van der Waals surface area contributed by atoms with Gasteiger partial charge < -0.3 is 14.7 Å². The van der Waals surface area contributed by atoms with Crippen LogP contribution in [0.15, 0.2) is 54.6 Å². The second-order valence-corrected chi connectivity index (χ2v) is 7.73. The molecule has 0 saturated carbocycles. The summed E-state index contributed by atoms with van der Waals surface area (Å²) in [5, 5.41) is 12.0. The number of methoxy groups -OCH3 is 1. The van der Waals surface area contributed by atoms with Crippen LogP contribution in [0.5, 0.6) is 5.75 Å². The molecule has 146 valence electrons. The molecule has 0 amide bonds. The average molecular weight is 368 g/mol. The van der Waals surface area contributed by atoms with Gasteiger partial charge in [0.25, 0.3) is 0 Å². The Bertz CT molecular complexity index is 679. The van der Waals surface area contributed by atoms with E-state index in [1.54, 1.807) is 7.11 Å². The molecule has 2 aromatic rings. The summed E-state index contributed by atoms with van der Waals surface area (Å²) < 4.78 is 5.32. The number of benzene rings is 2. The summed E-state index contributed by atoms with van der Waals surface area (Å²) >= 11 is 0. The maximum Gasteiger partial charge on any atom is 0.118 e. The summed E-state index contributed by atoms with van der Waals surface area (Å²) in [6.07, 6.45) is 5.52. The van der Waals surface area contributed by atoms with Crippen molar-refractivity contribution in [2.45, 2.75) is 50.5 Å². The number of likely N-dealkylation sites (tertiary alicyclic amines) is 1. The Morgan fingerprint density at radius 1 is 1.00 bits per heavy atom. The Balaban J connectivity index is 1.98. The molecule has 0 radical (unpaired) electrons. The van der Waals surface area contributed by atoms with E-state index in [0.717, 1.165) is 43.8 Å². The minimum atomic E-state index is -0.889. The lowest BCUT2D eigenvalue weighted by Crippen LogP contribution is -2.42. The van der Waals surface area contributed by atoms with Gasteiger partial charge in [0.05, 0.1) is 12.7 Å². The van der Waals surface area contributed by atoms with Gasteiger partial charge in [0.15, 0.2) is 0 Å². The predicted molar refractivity (Wildman–Crippen MR) is 111 cm³/mol. The molecule has 3 rings (SSSR count). The molecule has 3 heteroatoms. The molecule has 1 N–H and O–H groups in total. The number of rotatable bonds is 8. The monoisotopic (exact) mass is 367 g/mol. The topological polar surface area (TPSA) is 32.7 Å². The number of piperidine rings is 1. The average Bonchev–Trinajstić information content (AvgIpc) is 2.73. The summed E-state index contributed by atoms with van der Waals surface area (Å²) in [5.74, 6) is 0.870. The first-order chi connectivity index (χ1) is 13.2. The second kappa shape index (κ2) is 9.38. The Morgan fingerprint density at radius 2 is 1.67 bits per heavy atom. The van der Waals surface area contributed by atoms with Crippen molar-refractivity contribution in [1.82, 2.24) is 4.90 Å². The summed E-state index contributed by atoms with van der Waals surface area (Å²) in [6, 6.07) is 18.5. The van der Waals surface area contributed by atoms with Crippen molar-refractivity contribution in [2.24, 2.45) is 0 Å². The van der Waals surface area contributed by atoms with Crippen LogP contribution in [0.25, 0.3) is 0 Å². The largest absolute Gasteiger partial charge is 0.497 e. The minimum Gasteiger partial charge on any atom is -0.497 e. The molecule has 0 aliphatic carbocycles. The highest BCUT2D eigenvalue weighted by atomic mass is 16.5. The number of nitrogens with zero attached hydrogens (tertiary/aromatic N) is 1. The highest BCUT2D eigenvalue weighted by molar-refractivity contribution is 5.35. The van der Waals surface area contributed by atoms with Crippen LogP contribution < -0.4 is 4.74 Å². The molecule has 2 aromatic carbocycles. The third kappa shape index (κ3) is 4.72. The quantitative estimate of drug-likeness (QED) is 0.716. The van der Waals surface area contributed by atoms with Gasteiger partial charge in [0.2, 0.25) is 0 Å². The van der Waals surface area contributed by atoms with Gasteiger partial charge in [-0.1, -0.05) is 62.2 Å². The maximum atomic E-state index is 12.0. The number of ether oxygens (including phenoxy) is 1. The van der Waals surface area contributed by atoms with Crippen molar-refractivity contribution in [2.75, 3.05) is 26.7 Å². The Kier molecular flexibility index (Phi) is 6.92. The standard InChI is InChI=1S/C24H33NO2/c1-3-16-24(26,21-12-14-22(27-2)15-13-21)23(20-10-6-4-7-11-20)19-25-17-8-5-9-18-25/h4,6-7,10-15,23,26H,3,5,8-9,16-19H2,1-2H3/t23-,24+/m1/s1. The number of aliphatic hydroxyl groups is 1. The van der Waals surface area contributed by atoms with Crippen LogP contribution in [0.1, 0.15) is 56.1 Å². The molecular weight excluding hydrogens is 334 g/mol. The Hall–Kier alpha value is -1.84. The lowest BCUT2D eigenvalue weighted by atomic mass is 9.74. The zero-order valence-corrected chi connectivity index (χ0v) is 16.7. The van der Waals surface area contributed by atoms with Gasteiger partial charge in [0.1, 0.15) is 5.75 Å². The van der Waals surface area contributed by atoms with E-state index in [-0.39, 0.29) is 5.92 Å². The van der Waals surface area contributed by atoms with E-state index in [2.05, 4.69) is 36.1 Å². The SMILES string of the molecule is CCC[C@](O)(c1ccc(OC)cc1)[C@H](CN1CCCCC1)c1ccccc1. The molecule has 1 aliphatic rings. The molecule has 1 fully saturated rings. The van der Waals surface area contributed by atoms with Crippen LogP contribution in [-0.2, 0) is 5.60 Å². The fraction of sp³-hybridized carbons (Fsp3) is 0.500. The Morgan fingerprint density at radius 3 is 2.26 bits per heavy atom. The van der Waals surface area contributed by atoms with E-state index in [9.17, 15) is 5.11 Å². The van der Waals surface area contributed by atoms with Gasteiger partial charge in [0, 0.05) is 12.5 Å². The predicted octanol–water partition coefficient (Wildman–Crippen LogP) is 4.95. The molecule has 3 nitrogen and oxygen atoms in total. The summed E-state index contributed by atoms with van der Waals surface area (Å²) in [7, 11) is 1.68. The normalized spacial score (nSPS) is 18.6. The molecule has 2 atom stereocenters. The smallest absolute Gasteiger partial charge is 0.118 e. The van der Waals surface area contributed by atoms with E-state index in [1.165, 1.54) is 24.8 Å². The molecule has 1 heterocycles. The minimum absolute atomic E-state index is 0.0464. The summed E-state index contributed by atoms with van der Waals surface area (Å²) in [4.78, 5) is 2.53. The molecular formula is C24H33NO2. The summed E-state index contributed by atoms with van der Waals surface area (Å²) in [6.45, 7) is 5.31. The van der Waals surface area contributed by atoms with Gasteiger partial charge in [-0.15, -0.1) is 0 Å². The first kappa shape index (κ1) is 19.9. The fourth-order valence-corrected chi connectivity index (χ4v) is 4.40. The second-order valence-electron chi connectivity index (χ2n) is 7.73. The van der Waals surface area contributed by atoms with E-state index in [4.69, 9.17) is 4.74 Å². The first-order valence-corrected chi connectivity index (χ1v) is 10.3. The molecule has 0 spiro atoms. The highest BCUT2D eigenvalue weighted by Gasteiger charge is 2.39. The zero-order valence-electron chi connectivity index (χ0n) is 16.7. The molecule has 27 heavy (non-hydrogen) atoms. The van der Waals surface area contributed by atoms with Crippen LogP contribution in [0.3, 0.4) is 0 Å². The van der Waals surface area contributed by atoms with Crippen molar-refractivity contribution in [3.05, 3.63) is 65.7 Å². The third-order valence-electron chi connectivity index (χ3n) is 5.89. The lowest BCUT2D eigenvalue weighted by Gasteiger charge is -2.41. The zero-order chi connectivity index (χ0) is 19.1. The van der Waals surface area contributed by atoms with Crippen molar-refractivity contribution >= 4 is 0 Å². The van der Waals surface area contributed by atoms with E-state index in [0.29, 0.717) is 0 Å². The van der Waals surface area contributed by atoms with Crippen LogP contribution >= 0.6 is 0 Å². The third-order valence-corrected chi connectivity index (χ3v) is 5.89. The van der Waals surface area contributed by atoms with Gasteiger partial charge in [-0.25, -0.2) is 0 Å². The van der Waals surface area contributed by atoms with Crippen molar-refractivity contribution in [3.8, 4) is 5.75 Å². The fourth-order valence-electron chi connectivity index (χ4n) is 4.40. The van der Waals surface area contributed by atoms with Crippen LogP contribution in [0, 0.1) is 0 Å². The van der Waals surface area contributed by atoms with Gasteiger partial charge >= 0.3 is 0 Å².